The van der Waals surface area contributed by atoms with Crippen molar-refractivity contribution in [2.24, 2.45) is 4.99 Å². The van der Waals surface area contributed by atoms with Crippen LogP contribution in [-0.2, 0) is 14.3 Å². The predicted octanol–water partition coefficient (Wildman–Crippen LogP) is 3.72. The molecule has 0 saturated carbocycles. The van der Waals surface area contributed by atoms with Gasteiger partial charge >= 0.3 is 5.97 Å². The molecule has 2 unspecified atom stereocenters. The highest BCUT2D eigenvalue weighted by molar-refractivity contribution is 8.15. The van der Waals surface area contributed by atoms with Crippen molar-refractivity contribution in [2.45, 2.75) is 25.1 Å². The lowest BCUT2D eigenvalue weighted by molar-refractivity contribution is -0.139. The lowest BCUT2D eigenvalue weighted by atomic mass is 9.94. The van der Waals surface area contributed by atoms with Crippen LogP contribution < -0.4 is 0 Å². The third kappa shape index (κ3) is 3.24. The molecule has 2 aliphatic rings. The molecule has 0 radical (unpaired) electrons. The first-order valence-corrected chi connectivity index (χ1v) is 9.02. The van der Waals surface area contributed by atoms with Gasteiger partial charge in [0.05, 0.1) is 22.6 Å². The summed E-state index contributed by atoms with van der Waals surface area (Å²) in [6.07, 6.45) is 1.50. The van der Waals surface area contributed by atoms with Crippen molar-refractivity contribution in [1.82, 2.24) is 4.90 Å². The number of carbonyl (C=O) groups is 2. The van der Waals surface area contributed by atoms with E-state index >= 15 is 0 Å². The molecule has 3 rings (SSSR count). The van der Waals surface area contributed by atoms with Crippen LogP contribution >= 0.6 is 23.4 Å². The van der Waals surface area contributed by atoms with Crippen molar-refractivity contribution in [1.29, 1.82) is 0 Å². The molecular weight excluding hydrogens is 360 g/mol. The van der Waals surface area contributed by atoms with Crippen molar-refractivity contribution in [3.8, 4) is 0 Å². The minimum absolute atomic E-state index is 0.0877. The summed E-state index contributed by atoms with van der Waals surface area (Å²) in [5.74, 6) is -0.599. The number of ether oxygens (including phenoxy) is 1. The number of amides is 1. The van der Waals surface area contributed by atoms with Crippen LogP contribution in [-0.4, -0.2) is 33.8 Å². The molecule has 5 nitrogen and oxygen atoms in total. The van der Waals surface area contributed by atoms with Gasteiger partial charge in [-0.15, -0.1) is 0 Å². The molecule has 0 spiro atoms. The first kappa shape index (κ1) is 17.8. The van der Waals surface area contributed by atoms with E-state index in [4.69, 9.17) is 16.3 Å². The Labute approximate surface area is 155 Å². The third-order valence-electron chi connectivity index (χ3n) is 3.97. The van der Waals surface area contributed by atoms with Crippen LogP contribution in [0, 0.1) is 0 Å². The number of thioether (sulfide) groups is 1. The highest BCUT2D eigenvalue weighted by Crippen LogP contribution is 2.43. The molecule has 2 heterocycles. The highest BCUT2D eigenvalue weighted by Gasteiger charge is 2.46. The zero-order valence-electron chi connectivity index (χ0n) is 13.9. The Hall–Kier alpha value is -2.05. The van der Waals surface area contributed by atoms with Crippen LogP contribution in [0.2, 0.25) is 5.02 Å². The Morgan fingerprint density at radius 2 is 2.28 bits per heavy atom. The first-order chi connectivity index (χ1) is 11.9. The van der Waals surface area contributed by atoms with E-state index in [-0.39, 0.29) is 17.8 Å². The van der Waals surface area contributed by atoms with Crippen LogP contribution in [0.4, 0.5) is 0 Å². The Morgan fingerprint density at radius 1 is 1.52 bits per heavy atom. The lowest BCUT2D eigenvalue weighted by Crippen LogP contribution is -2.40. The van der Waals surface area contributed by atoms with Gasteiger partial charge in [0, 0.05) is 5.02 Å². The molecule has 1 saturated heterocycles. The summed E-state index contributed by atoms with van der Waals surface area (Å²) >= 11 is 7.52. The molecule has 0 aromatic heterocycles. The maximum Gasteiger partial charge on any atom is 0.338 e. The van der Waals surface area contributed by atoms with Gasteiger partial charge in [0.1, 0.15) is 6.61 Å². The number of esters is 1. The number of rotatable bonds is 4. The number of aliphatic imine (C=N–C) groups is 1. The second-order valence-corrected chi connectivity index (χ2v) is 7.45. The van der Waals surface area contributed by atoms with E-state index in [1.165, 1.54) is 17.8 Å². The largest absolute Gasteiger partial charge is 0.458 e. The van der Waals surface area contributed by atoms with Crippen molar-refractivity contribution in [3.63, 3.8) is 0 Å². The number of nitrogens with zero attached hydrogens (tertiary/aromatic N) is 2. The van der Waals surface area contributed by atoms with E-state index in [2.05, 4.69) is 11.6 Å². The Kier molecular flexibility index (Phi) is 5.01. The fourth-order valence-electron chi connectivity index (χ4n) is 2.87. The Balaban J connectivity index is 2.13. The van der Waals surface area contributed by atoms with E-state index < -0.39 is 12.0 Å². The quantitative estimate of drug-likeness (QED) is 0.593. The van der Waals surface area contributed by atoms with Gasteiger partial charge in [-0.05, 0) is 31.5 Å². The number of allylic oxidation sites excluding steroid dienone is 1. The molecule has 0 aliphatic carbocycles. The standard InChI is InChI=1S/C18H17ClN2O3S/c1-4-8-24-17(23)14-10(2)20-18-21(16(22)11(3)25-18)15(14)12-6-5-7-13(19)9-12/h4-7,9,11,15H,1,8H2,2-3H3. The van der Waals surface area contributed by atoms with E-state index in [0.29, 0.717) is 21.5 Å². The number of carbonyl (C=O) groups excluding carboxylic acids is 2. The van der Waals surface area contributed by atoms with Gasteiger partial charge in [-0.2, -0.15) is 0 Å². The molecule has 130 valence electrons. The summed E-state index contributed by atoms with van der Waals surface area (Å²) in [5, 5.41) is 0.877. The Bertz CT molecular complexity index is 818. The van der Waals surface area contributed by atoms with E-state index in [1.807, 2.05) is 13.0 Å². The molecule has 1 fully saturated rings. The predicted molar refractivity (Wildman–Crippen MR) is 99.4 cm³/mol. The molecule has 1 aromatic carbocycles. The van der Waals surface area contributed by atoms with E-state index in [0.717, 1.165) is 5.56 Å². The summed E-state index contributed by atoms with van der Waals surface area (Å²) in [7, 11) is 0. The number of fused-ring (bicyclic) bond motifs is 1. The van der Waals surface area contributed by atoms with Gasteiger partial charge in [-0.1, -0.05) is 48.2 Å². The molecule has 2 atom stereocenters. The molecule has 0 bridgehead atoms. The fraction of sp³-hybridized carbons (Fsp3) is 0.278. The number of hydrogen-bond acceptors (Lipinski definition) is 5. The van der Waals surface area contributed by atoms with Gasteiger partial charge < -0.3 is 4.74 Å². The molecule has 1 aromatic rings. The molecule has 0 N–H and O–H groups in total. The van der Waals surface area contributed by atoms with Crippen LogP contribution in [0.1, 0.15) is 25.5 Å². The third-order valence-corrected chi connectivity index (χ3v) is 5.26. The minimum atomic E-state index is -0.603. The van der Waals surface area contributed by atoms with Crippen molar-refractivity contribution >= 4 is 40.4 Å². The number of halogens is 1. The monoisotopic (exact) mass is 376 g/mol. The van der Waals surface area contributed by atoms with Crippen LogP contribution in [0.5, 0.6) is 0 Å². The molecule has 7 heteroatoms. The summed E-state index contributed by atoms with van der Waals surface area (Å²) < 4.78 is 5.23. The maximum atomic E-state index is 12.7. The summed E-state index contributed by atoms with van der Waals surface area (Å²) in [5.41, 5.74) is 1.63. The molecule has 25 heavy (non-hydrogen) atoms. The van der Waals surface area contributed by atoms with Gasteiger partial charge in [-0.25, -0.2) is 9.79 Å². The fourth-order valence-corrected chi connectivity index (χ4v) is 4.10. The van der Waals surface area contributed by atoms with Gasteiger partial charge in [0.15, 0.2) is 5.17 Å². The Morgan fingerprint density at radius 3 is 2.96 bits per heavy atom. The molecular formula is C18H17ClN2O3S. The van der Waals surface area contributed by atoms with Gasteiger partial charge in [-0.3, -0.25) is 9.69 Å². The van der Waals surface area contributed by atoms with E-state index in [9.17, 15) is 9.59 Å². The second kappa shape index (κ2) is 7.06. The molecule has 1 amide bonds. The minimum Gasteiger partial charge on any atom is -0.458 e. The first-order valence-electron chi connectivity index (χ1n) is 7.76. The highest BCUT2D eigenvalue weighted by atomic mass is 35.5. The van der Waals surface area contributed by atoms with Crippen LogP contribution in [0.15, 0.2) is 53.2 Å². The summed E-state index contributed by atoms with van der Waals surface area (Å²) in [6.45, 7) is 7.22. The summed E-state index contributed by atoms with van der Waals surface area (Å²) in [4.78, 5) is 31.4. The summed E-state index contributed by atoms with van der Waals surface area (Å²) in [6, 6.07) is 6.53. The van der Waals surface area contributed by atoms with Gasteiger partial charge in [0.25, 0.3) is 0 Å². The van der Waals surface area contributed by atoms with Crippen LogP contribution in [0.25, 0.3) is 0 Å². The average Bonchev–Trinajstić information content (AvgIpc) is 2.85. The van der Waals surface area contributed by atoms with Crippen LogP contribution in [0.3, 0.4) is 0 Å². The lowest BCUT2D eigenvalue weighted by Gasteiger charge is -2.33. The van der Waals surface area contributed by atoms with Crippen molar-refractivity contribution < 1.29 is 14.3 Å². The SMILES string of the molecule is C=CCOC(=O)C1=C(C)N=C2SC(C)C(=O)N2C1c1cccc(Cl)c1. The normalized spacial score (nSPS) is 22.6. The zero-order chi connectivity index (χ0) is 18.1. The number of hydrogen-bond donors (Lipinski definition) is 0. The zero-order valence-corrected chi connectivity index (χ0v) is 15.4. The number of amidine groups is 1. The number of benzene rings is 1. The smallest absolute Gasteiger partial charge is 0.338 e. The van der Waals surface area contributed by atoms with E-state index in [1.54, 1.807) is 30.0 Å². The van der Waals surface area contributed by atoms with Gasteiger partial charge in [0.2, 0.25) is 5.91 Å². The second-order valence-electron chi connectivity index (χ2n) is 5.71. The maximum absolute atomic E-state index is 12.7. The topological polar surface area (TPSA) is 59.0 Å². The van der Waals surface area contributed by atoms with Crippen molar-refractivity contribution in [2.75, 3.05) is 6.61 Å². The molecule has 2 aliphatic heterocycles. The van der Waals surface area contributed by atoms with Crippen molar-refractivity contribution in [3.05, 3.63) is 58.8 Å². The average molecular weight is 377 g/mol.